The first-order valence-corrected chi connectivity index (χ1v) is 8.27. The molecule has 1 amide bonds. The summed E-state index contributed by atoms with van der Waals surface area (Å²) in [7, 11) is 0. The Morgan fingerprint density at radius 2 is 1.83 bits per heavy atom. The Bertz CT molecular complexity index is 685. The van der Waals surface area contributed by atoms with E-state index in [0.717, 1.165) is 24.5 Å². The van der Waals surface area contributed by atoms with Gasteiger partial charge in [0.15, 0.2) is 0 Å². The highest BCUT2D eigenvalue weighted by atomic mass is 35.5. The third-order valence-electron chi connectivity index (χ3n) is 3.95. The van der Waals surface area contributed by atoms with Crippen LogP contribution in [0.3, 0.4) is 0 Å². The summed E-state index contributed by atoms with van der Waals surface area (Å²) in [6.07, 6.45) is 2.14. The van der Waals surface area contributed by atoms with E-state index in [1.807, 2.05) is 29.2 Å². The van der Waals surface area contributed by atoms with Gasteiger partial charge in [-0.3, -0.25) is 4.79 Å². The van der Waals surface area contributed by atoms with Gasteiger partial charge in [-0.2, -0.15) is 0 Å². The molecule has 2 aromatic rings. The second-order valence-electron chi connectivity index (χ2n) is 5.48. The number of halogens is 2. The predicted molar refractivity (Wildman–Crippen MR) is 93.2 cm³/mol. The normalized spacial score (nSPS) is 14.9. The van der Waals surface area contributed by atoms with Gasteiger partial charge in [-0.05, 0) is 29.8 Å². The number of carbonyl (C=O) groups is 1. The number of amides is 1. The van der Waals surface area contributed by atoms with Crippen molar-refractivity contribution in [1.29, 1.82) is 0 Å². The largest absolute Gasteiger partial charge is 0.353 e. The number of pyridine rings is 1. The molecule has 0 radical (unpaired) electrons. The summed E-state index contributed by atoms with van der Waals surface area (Å²) in [5.41, 5.74) is 0.886. The molecule has 23 heavy (non-hydrogen) atoms. The summed E-state index contributed by atoms with van der Waals surface area (Å²) in [4.78, 5) is 20.9. The quantitative estimate of drug-likeness (QED) is 0.853. The molecule has 0 atom stereocenters. The molecule has 120 valence electrons. The number of rotatable bonds is 3. The number of nitrogens with zero attached hydrogens (tertiary/aromatic N) is 3. The third-order valence-corrected chi connectivity index (χ3v) is 4.68. The van der Waals surface area contributed by atoms with Crippen molar-refractivity contribution in [3.05, 3.63) is 58.2 Å². The van der Waals surface area contributed by atoms with Crippen molar-refractivity contribution in [1.82, 2.24) is 9.88 Å². The van der Waals surface area contributed by atoms with E-state index in [0.29, 0.717) is 29.6 Å². The van der Waals surface area contributed by atoms with Gasteiger partial charge >= 0.3 is 0 Å². The predicted octanol–water partition coefficient (Wildman–Crippen LogP) is 3.28. The molecule has 1 aliphatic rings. The van der Waals surface area contributed by atoms with E-state index in [1.165, 1.54) is 0 Å². The van der Waals surface area contributed by atoms with Gasteiger partial charge in [-0.15, -0.1) is 0 Å². The van der Waals surface area contributed by atoms with Crippen molar-refractivity contribution in [3.63, 3.8) is 0 Å². The van der Waals surface area contributed by atoms with Gasteiger partial charge in [0.2, 0.25) is 5.91 Å². The maximum Gasteiger partial charge on any atom is 0.227 e. The molecule has 3 rings (SSSR count). The Balaban J connectivity index is 1.57. The molecular weight excluding hydrogens is 333 g/mol. The fraction of sp³-hybridized carbons (Fsp3) is 0.294. The number of carbonyl (C=O) groups excluding carboxylic acids is 1. The standard InChI is InChI=1S/C17H17Cl2N3O/c18-14-5-4-13(11-15(14)19)12-17(23)22-9-7-21(8-10-22)16-3-1-2-6-20-16/h1-6,11H,7-10,12H2. The molecule has 2 heterocycles. The highest BCUT2D eigenvalue weighted by molar-refractivity contribution is 6.42. The van der Waals surface area contributed by atoms with E-state index in [4.69, 9.17) is 23.2 Å². The zero-order chi connectivity index (χ0) is 16.2. The Kier molecular flexibility index (Phi) is 5.03. The molecule has 1 aromatic heterocycles. The Labute approximate surface area is 145 Å². The van der Waals surface area contributed by atoms with E-state index >= 15 is 0 Å². The SMILES string of the molecule is O=C(Cc1ccc(Cl)c(Cl)c1)N1CCN(c2ccccn2)CC1. The lowest BCUT2D eigenvalue weighted by Gasteiger charge is -2.35. The molecular formula is C17H17Cl2N3O. The molecule has 6 heteroatoms. The number of hydrogen-bond acceptors (Lipinski definition) is 3. The van der Waals surface area contributed by atoms with Gasteiger partial charge in [0.25, 0.3) is 0 Å². The Morgan fingerprint density at radius 1 is 1.04 bits per heavy atom. The van der Waals surface area contributed by atoms with Gasteiger partial charge in [-0.1, -0.05) is 35.3 Å². The van der Waals surface area contributed by atoms with Crippen LogP contribution < -0.4 is 4.90 Å². The Morgan fingerprint density at radius 3 is 2.48 bits per heavy atom. The molecule has 0 N–H and O–H groups in total. The zero-order valence-electron chi connectivity index (χ0n) is 12.6. The average molecular weight is 350 g/mol. The molecule has 1 aliphatic heterocycles. The van der Waals surface area contributed by atoms with Crippen molar-refractivity contribution in [2.24, 2.45) is 0 Å². The van der Waals surface area contributed by atoms with Crippen LogP contribution in [0.15, 0.2) is 42.6 Å². The van der Waals surface area contributed by atoms with Crippen LogP contribution in [0.2, 0.25) is 10.0 Å². The fourth-order valence-electron chi connectivity index (χ4n) is 2.66. The number of anilines is 1. The van der Waals surface area contributed by atoms with Gasteiger partial charge in [0.1, 0.15) is 5.82 Å². The minimum atomic E-state index is 0.115. The lowest BCUT2D eigenvalue weighted by molar-refractivity contribution is -0.130. The number of piperazine rings is 1. The number of aromatic nitrogens is 1. The average Bonchev–Trinajstić information content (AvgIpc) is 2.59. The summed E-state index contributed by atoms with van der Waals surface area (Å²) in [6.45, 7) is 3.00. The van der Waals surface area contributed by atoms with Crippen LogP contribution in [0.5, 0.6) is 0 Å². The van der Waals surface area contributed by atoms with Crippen LogP contribution in [0.25, 0.3) is 0 Å². The zero-order valence-corrected chi connectivity index (χ0v) is 14.1. The monoisotopic (exact) mass is 349 g/mol. The summed E-state index contributed by atoms with van der Waals surface area (Å²) in [6, 6.07) is 11.2. The van der Waals surface area contributed by atoms with E-state index in [2.05, 4.69) is 9.88 Å². The second kappa shape index (κ2) is 7.20. The molecule has 0 saturated carbocycles. The third kappa shape index (κ3) is 3.95. The van der Waals surface area contributed by atoms with Gasteiger partial charge in [0, 0.05) is 32.4 Å². The van der Waals surface area contributed by atoms with Crippen LogP contribution in [0.1, 0.15) is 5.56 Å². The summed E-state index contributed by atoms with van der Waals surface area (Å²) in [5, 5.41) is 0.990. The molecule has 0 aliphatic carbocycles. The molecule has 4 nitrogen and oxygen atoms in total. The van der Waals surface area contributed by atoms with Gasteiger partial charge < -0.3 is 9.80 Å². The minimum Gasteiger partial charge on any atom is -0.353 e. The fourth-order valence-corrected chi connectivity index (χ4v) is 2.98. The number of hydrogen-bond donors (Lipinski definition) is 0. The van der Waals surface area contributed by atoms with Crippen LogP contribution in [-0.2, 0) is 11.2 Å². The van der Waals surface area contributed by atoms with E-state index in [-0.39, 0.29) is 5.91 Å². The van der Waals surface area contributed by atoms with Crippen molar-refractivity contribution in [2.45, 2.75) is 6.42 Å². The minimum absolute atomic E-state index is 0.115. The smallest absolute Gasteiger partial charge is 0.227 e. The number of benzene rings is 1. The topological polar surface area (TPSA) is 36.4 Å². The maximum atomic E-state index is 12.4. The van der Waals surface area contributed by atoms with E-state index in [1.54, 1.807) is 18.3 Å². The molecule has 0 unspecified atom stereocenters. The summed E-state index contributed by atoms with van der Waals surface area (Å²) < 4.78 is 0. The lowest BCUT2D eigenvalue weighted by atomic mass is 10.1. The molecule has 1 aromatic carbocycles. The first-order valence-electron chi connectivity index (χ1n) is 7.51. The maximum absolute atomic E-state index is 12.4. The first kappa shape index (κ1) is 16.1. The van der Waals surface area contributed by atoms with Crippen molar-refractivity contribution in [2.75, 3.05) is 31.1 Å². The van der Waals surface area contributed by atoms with Crippen LogP contribution in [0.4, 0.5) is 5.82 Å². The van der Waals surface area contributed by atoms with E-state index in [9.17, 15) is 4.79 Å². The highest BCUT2D eigenvalue weighted by Gasteiger charge is 2.21. The summed E-state index contributed by atoms with van der Waals surface area (Å²) >= 11 is 11.9. The first-order chi connectivity index (χ1) is 11.1. The summed E-state index contributed by atoms with van der Waals surface area (Å²) in [5.74, 6) is 1.08. The highest BCUT2D eigenvalue weighted by Crippen LogP contribution is 2.23. The van der Waals surface area contributed by atoms with Crippen LogP contribution >= 0.6 is 23.2 Å². The molecule has 0 bridgehead atoms. The van der Waals surface area contributed by atoms with Gasteiger partial charge in [-0.25, -0.2) is 4.98 Å². The van der Waals surface area contributed by atoms with Gasteiger partial charge in [0.05, 0.1) is 16.5 Å². The lowest BCUT2D eigenvalue weighted by Crippen LogP contribution is -2.49. The molecule has 1 saturated heterocycles. The molecule has 1 fully saturated rings. The molecule has 0 spiro atoms. The van der Waals surface area contributed by atoms with Crippen molar-refractivity contribution in [3.8, 4) is 0 Å². The van der Waals surface area contributed by atoms with Crippen molar-refractivity contribution < 1.29 is 4.79 Å². The van der Waals surface area contributed by atoms with Crippen LogP contribution in [0, 0.1) is 0 Å². The second-order valence-corrected chi connectivity index (χ2v) is 6.30. The van der Waals surface area contributed by atoms with E-state index < -0.39 is 0 Å². The van der Waals surface area contributed by atoms with Crippen molar-refractivity contribution >= 4 is 34.9 Å². The Hall–Kier alpha value is -1.78. The van der Waals surface area contributed by atoms with Crippen LogP contribution in [-0.4, -0.2) is 42.0 Å².